The molecule has 0 spiro atoms. The van der Waals surface area contributed by atoms with Gasteiger partial charge in [-0.1, -0.05) is 25.1 Å². The standard InChI is InChI=1S/C8H11BO3/c1-2-7-5-3-4-6-8(7)12-9(10)11/h3-6,10-11H,2H2,1H3. The number of hydrogen-bond donors (Lipinski definition) is 2. The summed E-state index contributed by atoms with van der Waals surface area (Å²) in [5, 5.41) is 17.1. The minimum absolute atomic E-state index is 0.523. The highest BCUT2D eigenvalue weighted by Gasteiger charge is 2.12. The van der Waals surface area contributed by atoms with Crippen LogP contribution in [0.15, 0.2) is 24.3 Å². The van der Waals surface area contributed by atoms with Gasteiger partial charge in [-0.2, -0.15) is 0 Å². The van der Waals surface area contributed by atoms with Gasteiger partial charge in [0.1, 0.15) is 5.75 Å². The lowest BCUT2D eigenvalue weighted by atomic mass is 10.1. The molecule has 0 atom stereocenters. The Kier molecular flexibility index (Phi) is 3.14. The quantitative estimate of drug-likeness (QED) is 0.646. The van der Waals surface area contributed by atoms with Crippen LogP contribution in [0, 0.1) is 0 Å². The molecule has 0 radical (unpaired) electrons. The molecule has 0 unspecified atom stereocenters. The molecule has 1 rings (SSSR count). The van der Waals surface area contributed by atoms with Crippen LogP contribution in [0.25, 0.3) is 0 Å². The molecule has 2 N–H and O–H groups in total. The zero-order valence-corrected chi connectivity index (χ0v) is 6.90. The number of para-hydroxylation sites is 1. The zero-order chi connectivity index (χ0) is 8.97. The summed E-state index contributed by atoms with van der Waals surface area (Å²) in [6.45, 7) is 1.98. The van der Waals surface area contributed by atoms with E-state index in [2.05, 4.69) is 0 Å². The highest BCUT2D eigenvalue weighted by atomic mass is 16.6. The summed E-state index contributed by atoms with van der Waals surface area (Å²) < 4.78 is 4.75. The fraction of sp³-hybridized carbons (Fsp3) is 0.250. The minimum Gasteiger partial charge on any atom is -0.512 e. The van der Waals surface area contributed by atoms with Gasteiger partial charge < -0.3 is 14.7 Å². The minimum atomic E-state index is -1.74. The molecule has 0 aromatic heterocycles. The highest BCUT2D eigenvalue weighted by Crippen LogP contribution is 2.17. The molecule has 3 nitrogen and oxygen atoms in total. The van der Waals surface area contributed by atoms with Crippen molar-refractivity contribution in [2.24, 2.45) is 0 Å². The molecular weight excluding hydrogens is 155 g/mol. The number of aryl methyl sites for hydroxylation is 1. The monoisotopic (exact) mass is 166 g/mol. The second kappa shape index (κ2) is 4.14. The fourth-order valence-electron chi connectivity index (χ4n) is 1.02. The zero-order valence-electron chi connectivity index (χ0n) is 6.90. The molecule has 0 saturated carbocycles. The first-order valence-corrected chi connectivity index (χ1v) is 3.84. The molecule has 0 aliphatic heterocycles. The molecular formula is C8H11BO3. The average molecular weight is 166 g/mol. The number of hydrogen-bond acceptors (Lipinski definition) is 3. The molecule has 0 bridgehead atoms. The van der Waals surface area contributed by atoms with Crippen molar-refractivity contribution in [3.8, 4) is 5.75 Å². The smallest absolute Gasteiger partial charge is 0.512 e. The first-order valence-electron chi connectivity index (χ1n) is 3.84. The van der Waals surface area contributed by atoms with Gasteiger partial charge in [0.15, 0.2) is 0 Å². The molecule has 0 fully saturated rings. The molecule has 12 heavy (non-hydrogen) atoms. The van der Waals surface area contributed by atoms with Crippen LogP contribution in [0.4, 0.5) is 0 Å². The van der Waals surface area contributed by atoms with E-state index >= 15 is 0 Å². The van der Waals surface area contributed by atoms with Crippen LogP contribution < -0.4 is 4.65 Å². The molecule has 0 heterocycles. The third-order valence-electron chi connectivity index (χ3n) is 1.59. The Hall–Kier alpha value is -0.995. The third-order valence-corrected chi connectivity index (χ3v) is 1.59. The fourth-order valence-corrected chi connectivity index (χ4v) is 1.02. The molecule has 0 saturated heterocycles. The van der Waals surface area contributed by atoms with Crippen LogP contribution in [0.3, 0.4) is 0 Å². The third kappa shape index (κ3) is 2.25. The van der Waals surface area contributed by atoms with Gasteiger partial charge in [-0.05, 0) is 18.1 Å². The Balaban J connectivity index is 2.82. The van der Waals surface area contributed by atoms with Crippen molar-refractivity contribution in [1.82, 2.24) is 0 Å². The Bertz CT molecular complexity index is 250. The second-order valence-corrected chi connectivity index (χ2v) is 2.41. The summed E-state index contributed by atoms with van der Waals surface area (Å²) in [4.78, 5) is 0. The van der Waals surface area contributed by atoms with Crippen molar-refractivity contribution in [2.45, 2.75) is 13.3 Å². The number of benzene rings is 1. The van der Waals surface area contributed by atoms with E-state index < -0.39 is 7.32 Å². The molecule has 0 aliphatic rings. The van der Waals surface area contributed by atoms with Gasteiger partial charge in [-0.25, -0.2) is 0 Å². The molecule has 0 amide bonds. The largest absolute Gasteiger partial charge is 0.707 e. The topological polar surface area (TPSA) is 49.7 Å². The lowest BCUT2D eigenvalue weighted by Gasteiger charge is -2.08. The van der Waals surface area contributed by atoms with Gasteiger partial charge in [-0.3, -0.25) is 0 Å². The summed E-state index contributed by atoms with van der Waals surface area (Å²) >= 11 is 0. The van der Waals surface area contributed by atoms with E-state index in [4.69, 9.17) is 14.7 Å². The Morgan fingerprint density at radius 3 is 2.58 bits per heavy atom. The van der Waals surface area contributed by atoms with Gasteiger partial charge in [0.2, 0.25) is 0 Å². The maximum atomic E-state index is 8.56. The van der Waals surface area contributed by atoms with Crippen LogP contribution in [0.5, 0.6) is 5.75 Å². The Labute approximate surface area is 71.8 Å². The summed E-state index contributed by atoms with van der Waals surface area (Å²) in [7, 11) is -1.74. The van der Waals surface area contributed by atoms with Crippen molar-refractivity contribution < 1.29 is 14.7 Å². The van der Waals surface area contributed by atoms with Crippen molar-refractivity contribution in [3.05, 3.63) is 29.8 Å². The van der Waals surface area contributed by atoms with Gasteiger partial charge in [0.05, 0.1) is 0 Å². The molecule has 4 heteroatoms. The van der Waals surface area contributed by atoms with Crippen LogP contribution >= 0.6 is 0 Å². The lowest BCUT2D eigenvalue weighted by Crippen LogP contribution is -2.21. The highest BCUT2D eigenvalue weighted by molar-refractivity contribution is 6.33. The predicted octanol–water partition coefficient (Wildman–Crippen LogP) is 0.597. The first kappa shape index (κ1) is 9.10. The molecule has 1 aromatic carbocycles. The van der Waals surface area contributed by atoms with E-state index in [1.54, 1.807) is 12.1 Å². The van der Waals surface area contributed by atoms with Crippen LogP contribution in [-0.4, -0.2) is 17.4 Å². The van der Waals surface area contributed by atoms with Crippen LogP contribution in [0.2, 0.25) is 0 Å². The van der Waals surface area contributed by atoms with Crippen LogP contribution in [-0.2, 0) is 6.42 Å². The summed E-state index contributed by atoms with van der Waals surface area (Å²) in [6.07, 6.45) is 0.808. The SMILES string of the molecule is CCc1ccccc1OB(O)O. The first-order chi connectivity index (χ1) is 5.74. The van der Waals surface area contributed by atoms with Gasteiger partial charge in [0, 0.05) is 0 Å². The Morgan fingerprint density at radius 1 is 1.33 bits per heavy atom. The molecule has 1 aromatic rings. The second-order valence-electron chi connectivity index (χ2n) is 2.41. The maximum Gasteiger partial charge on any atom is 0.707 e. The maximum absolute atomic E-state index is 8.56. The van der Waals surface area contributed by atoms with Crippen molar-refractivity contribution >= 4 is 7.32 Å². The van der Waals surface area contributed by atoms with Crippen molar-refractivity contribution in [1.29, 1.82) is 0 Å². The molecule has 0 aliphatic carbocycles. The van der Waals surface area contributed by atoms with E-state index in [0.29, 0.717) is 5.75 Å². The average Bonchev–Trinajstić information content (AvgIpc) is 2.04. The summed E-state index contributed by atoms with van der Waals surface area (Å²) in [5.41, 5.74) is 0.964. The summed E-state index contributed by atoms with van der Waals surface area (Å²) in [5.74, 6) is 0.523. The normalized spacial score (nSPS) is 9.58. The summed E-state index contributed by atoms with van der Waals surface area (Å²) in [6, 6.07) is 7.27. The van der Waals surface area contributed by atoms with E-state index in [1.807, 2.05) is 19.1 Å². The van der Waals surface area contributed by atoms with Crippen molar-refractivity contribution in [2.75, 3.05) is 0 Å². The van der Waals surface area contributed by atoms with Gasteiger partial charge in [-0.15, -0.1) is 0 Å². The van der Waals surface area contributed by atoms with Gasteiger partial charge in [0.25, 0.3) is 0 Å². The molecule has 64 valence electrons. The van der Waals surface area contributed by atoms with Crippen molar-refractivity contribution in [3.63, 3.8) is 0 Å². The van der Waals surface area contributed by atoms with Gasteiger partial charge >= 0.3 is 7.32 Å². The van der Waals surface area contributed by atoms with E-state index in [-0.39, 0.29) is 0 Å². The lowest BCUT2D eigenvalue weighted by molar-refractivity contribution is 0.287. The predicted molar refractivity (Wildman–Crippen MR) is 46.6 cm³/mol. The van der Waals surface area contributed by atoms with Crippen LogP contribution in [0.1, 0.15) is 12.5 Å². The van der Waals surface area contributed by atoms with E-state index in [0.717, 1.165) is 12.0 Å². The number of rotatable bonds is 3. The Morgan fingerprint density at radius 2 is 2.00 bits per heavy atom. The van der Waals surface area contributed by atoms with E-state index in [1.165, 1.54) is 0 Å². The van der Waals surface area contributed by atoms with E-state index in [9.17, 15) is 0 Å².